The van der Waals surface area contributed by atoms with Crippen molar-refractivity contribution in [2.24, 2.45) is 21.8 Å². The first-order valence-corrected chi connectivity index (χ1v) is 8.03. The largest absolute Gasteiger partial charge is 0.454 e. The molecule has 8 nitrogen and oxygen atoms in total. The minimum absolute atomic E-state index is 0.254. The molecule has 4 N–H and O–H groups in total. The zero-order chi connectivity index (χ0) is 19.2. The third-order valence-electron chi connectivity index (χ3n) is 3.74. The fourth-order valence-electron chi connectivity index (χ4n) is 2.46. The van der Waals surface area contributed by atoms with Crippen LogP contribution in [0, 0.1) is 0 Å². The van der Waals surface area contributed by atoms with Crippen LogP contribution >= 0.6 is 0 Å². The lowest BCUT2D eigenvalue weighted by molar-refractivity contribution is 0.213. The maximum Gasteiger partial charge on any atom is 0.171 e. The second-order valence-corrected chi connectivity index (χ2v) is 5.50. The molecule has 2 heterocycles. The van der Waals surface area contributed by atoms with Crippen LogP contribution in [0.25, 0.3) is 22.8 Å². The molecule has 0 spiro atoms. The lowest BCUT2D eigenvalue weighted by atomic mass is 10.1. The Morgan fingerprint density at radius 2 is 1.59 bits per heavy atom. The lowest BCUT2D eigenvalue weighted by Crippen LogP contribution is -2.13. The number of nitrogens with two attached hydrogens (primary N) is 2. The number of aromatic nitrogens is 1. The molecule has 0 radical (unpaired) electrons. The van der Waals surface area contributed by atoms with Crippen molar-refractivity contribution in [3.8, 4) is 22.8 Å². The Morgan fingerprint density at radius 3 is 2.26 bits per heavy atom. The summed E-state index contributed by atoms with van der Waals surface area (Å²) in [5.74, 6) is 1.86. The number of furan rings is 1. The van der Waals surface area contributed by atoms with Gasteiger partial charge in [-0.2, -0.15) is 0 Å². The van der Waals surface area contributed by atoms with Crippen molar-refractivity contribution >= 4 is 11.7 Å². The van der Waals surface area contributed by atoms with Gasteiger partial charge >= 0.3 is 0 Å². The molecule has 0 bridgehead atoms. The third-order valence-corrected chi connectivity index (χ3v) is 3.74. The molecule has 0 atom stereocenters. The van der Waals surface area contributed by atoms with Crippen LogP contribution in [0.3, 0.4) is 0 Å². The molecule has 0 saturated carbocycles. The van der Waals surface area contributed by atoms with Crippen LogP contribution in [-0.2, 0) is 9.68 Å². The smallest absolute Gasteiger partial charge is 0.171 e. The third kappa shape index (κ3) is 4.06. The first-order valence-electron chi connectivity index (χ1n) is 8.03. The van der Waals surface area contributed by atoms with E-state index in [1.54, 1.807) is 18.3 Å². The van der Waals surface area contributed by atoms with Crippen molar-refractivity contribution in [2.75, 3.05) is 14.2 Å². The highest BCUT2D eigenvalue weighted by atomic mass is 16.6. The Bertz CT molecular complexity index is 977. The van der Waals surface area contributed by atoms with Gasteiger partial charge in [0.15, 0.2) is 17.4 Å². The van der Waals surface area contributed by atoms with Crippen LogP contribution in [0.4, 0.5) is 0 Å². The molecule has 3 aromatic rings. The number of nitrogens with zero attached hydrogens (tertiary/aromatic N) is 3. The van der Waals surface area contributed by atoms with Crippen molar-refractivity contribution in [2.45, 2.75) is 0 Å². The number of rotatable bonds is 6. The van der Waals surface area contributed by atoms with Crippen molar-refractivity contribution in [3.63, 3.8) is 0 Å². The van der Waals surface area contributed by atoms with Gasteiger partial charge in [0.05, 0.1) is 0 Å². The van der Waals surface area contributed by atoms with Crippen LogP contribution in [0.5, 0.6) is 0 Å². The molecule has 8 heteroatoms. The number of oxime groups is 2. The van der Waals surface area contributed by atoms with Gasteiger partial charge in [0.1, 0.15) is 25.7 Å². The van der Waals surface area contributed by atoms with Gasteiger partial charge in [-0.15, -0.1) is 0 Å². The molecule has 0 aliphatic carbocycles. The summed E-state index contributed by atoms with van der Waals surface area (Å²) in [7, 11) is 2.88. The summed E-state index contributed by atoms with van der Waals surface area (Å²) in [6.07, 6.45) is 1.61. The molecular formula is C19H19N5O3. The molecule has 0 saturated heterocycles. The van der Waals surface area contributed by atoms with E-state index in [2.05, 4.69) is 20.1 Å². The Balaban J connectivity index is 1.86. The molecule has 27 heavy (non-hydrogen) atoms. The fourth-order valence-corrected chi connectivity index (χ4v) is 2.46. The van der Waals surface area contributed by atoms with E-state index in [1.807, 2.05) is 36.4 Å². The minimum Gasteiger partial charge on any atom is -0.454 e. The van der Waals surface area contributed by atoms with Gasteiger partial charge in [-0.3, -0.25) is 4.98 Å². The highest BCUT2D eigenvalue weighted by Crippen LogP contribution is 2.28. The molecule has 138 valence electrons. The average Bonchev–Trinajstić information content (AvgIpc) is 3.19. The van der Waals surface area contributed by atoms with E-state index in [1.165, 1.54) is 14.2 Å². The van der Waals surface area contributed by atoms with Crippen molar-refractivity contribution in [3.05, 3.63) is 65.9 Å². The number of hydrogen-bond donors (Lipinski definition) is 2. The van der Waals surface area contributed by atoms with Crippen LogP contribution in [-0.4, -0.2) is 30.9 Å². The maximum absolute atomic E-state index is 5.94. The monoisotopic (exact) mass is 365 g/mol. The highest BCUT2D eigenvalue weighted by molar-refractivity contribution is 5.98. The summed E-state index contributed by atoms with van der Waals surface area (Å²) in [6.45, 7) is 0. The summed E-state index contributed by atoms with van der Waals surface area (Å²) in [6, 6.07) is 14.8. The standard InChI is InChI=1S/C19H19N5O3/c1-25-23-18(20)13-5-3-4-12(10-13)16-8-9-17(27-16)15-7-6-14(11-22-15)19(21)24-26-2/h3-11H,1-2H3,(H2,20,23)(H2,21,24). The Hall–Kier alpha value is -3.81. The first-order chi connectivity index (χ1) is 13.1. The quantitative estimate of drug-likeness (QED) is 0.393. The first kappa shape index (κ1) is 18.0. The lowest BCUT2D eigenvalue weighted by Gasteiger charge is -2.03. The van der Waals surface area contributed by atoms with E-state index in [4.69, 9.17) is 20.7 Å². The van der Waals surface area contributed by atoms with E-state index in [9.17, 15) is 0 Å². The van der Waals surface area contributed by atoms with E-state index >= 15 is 0 Å². The average molecular weight is 365 g/mol. The number of benzene rings is 1. The molecule has 0 unspecified atom stereocenters. The second-order valence-electron chi connectivity index (χ2n) is 5.50. The second kappa shape index (κ2) is 8.05. The van der Waals surface area contributed by atoms with Crippen molar-refractivity contribution in [1.29, 1.82) is 0 Å². The Labute approximate surface area is 156 Å². The van der Waals surface area contributed by atoms with Crippen molar-refractivity contribution in [1.82, 2.24) is 4.98 Å². The molecule has 0 fully saturated rings. The van der Waals surface area contributed by atoms with Gasteiger partial charge in [-0.05, 0) is 30.3 Å². The minimum atomic E-state index is 0.254. The molecule has 0 amide bonds. The number of amidine groups is 2. The SMILES string of the molecule is CO/N=C(/N)c1ccc(-c2ccc(-c3cccc(/C(N)=N\OC)c3)o2)nc1. The van der Waals surface area contributed by atoms with Crippen LogP contribution in [0.2, 0.25) is 0 Å². The summed E-state index contributed by atoms with van der Waals surface area (Å²) >= 11 is 0. The van der Waals surface area contributed by atoms with E-state index in [-0.39, 0.29) is 5.84 Å². The summed E-state index contributed by atoms with van der Waals surface area (Å²) in [4.78, 5) is 13.7. The van der Waals surface area contributed by atoms with E-state index in [0.29, 0.717) is 28.6 Å². The molecule has 3 rings (SSSR count). The summed E-state index contributed by atoms with van der Waals surface area (Å²) in [5, 5.41) is 7.42. The zero-order valence-corrected chi connectivity index (χ0v) is 14.9. The predicted octanol–water partition coefficient (Wildman–Crippen LogP) is 2.54. The fraction of sp³-hybridized carbons (Fsp3) is 0.105. The molecule has 1 aromatic carbocycles. The number of hydrogen-bond acceptors (Lipinski definition) is 6. The number of pyridine rings is 1. The van der Waals surface area contributed by atoms with Crippen molar-refractivity contribution < 1.29 is 14.1 Å². The van der Waals surface area contributed by atoms with E-state index < -0.39 is 0 Å². The van der Waals surface area contributed by atoms with Crippen LogP contribution < -0.4 is 11.5 Å². The zero-order valence-electron chi connectivity index (χ0n) is 14.9. The summed E-state index contributed by atoms with van der Waals surface area (Å²) < 4.78 is 5.94. The normalized spacial score (nSPS) is 12.1. The van der Waals surface area contributed by atoms with Gasteiger partial charge in [0.2, 0.25) is 0 Å². The molecule has 0 aliphatic rings. The van der Waals surface area contributed by atoms with Gasteiger partial charge in [0, 0.05) is 22.9 Å². The maximum atomic E-state index is 5.94. The topological polar surface area (TPSA) is 121 Å². The molecule has 2 aromatic heterocycles. The predicted molar refractivity (Wildman–Crippen MR) is 103 cm³/mol. The highest BCUT2D eigenvalue weighted by Gasteiger charge is 2.10. The van der Waals surface area contributed by atoms with Gasteiger partial charge in [0.25, 0.3) is 0 Å². The molecule has 0 aliphatic heterocycles. The van der Waals surface area contributed by atoms with Gasteiger partial charge < -0.3 is 25.6 Å². The van der Waals surface area contributed by atoms with Crippen LogP contribution in [0.15, 0.2) is 69.5 Å². The summed E-state index contributed by atoms with van der Waals surface area (Å²) in [5.41, 5.74) is 14.6. The van der Waals surface area contributed by atoms with Gasteiger partial charge in [-0.25, -0.2) is 0 Å². The van der Waals surface area contributed by atoms with Gasteiger partial charge in [-0.1, -0.05) is 28.5 Å². The Kier molecular flexibility index (Phi) is 5.36. The van der Waals surface area contributed by atoms with Crippen LogP contribution in [0.1, 0.15) is 11.1 Å². The van der Waals surface area contributed by atoms with E-state index in [0.717, 1.165) is 11.1 Å². The molecular weight excluding hydrogens is 346 g/mol. The Morgan fingerprint density at radius 1 is 0.889 bits per heavy atom.